The molecular weight excluding hydrogens is 282 g/mol. The number of hydrogen-bond acceptors (Lipinski definition) is 4. The average Bonchev–Trinajstić information content (AvgIpc) is 2.02. The number of hydrogen-bond donors (Lipinski definition) is 2. The van der Waals surface area contributed by atoms with Crippen LogP contribution in [0.1, 0.15) is 4.28 Å². The molecule has 0 aliphatic heterocycles. The van der Waals surface area contributed by atoms with E-state index in [1.807, 2.05) is 0 Å². The van der Waals surface area contributed by atoms with Crippen LogP contribution < -0.4 is 93.2 Å². The molecule has 0 aliphatic rings. The maximum Gasteiger partial charge on any atom is 1.00 e. The molecule has 1 aromatic rings. The molecule has 2 N–H and O–H groups in total. The van der Waals surface area contributed by atoms with Gasteiger partial charge in [0.25, 0.3) is 5.69 Å². The van der Waals surface area contributed by atoms with Crippen LogP contribution in [0.3, 0.4) is 0 Å². The van der Waals surface area contributed by atoms with Crippen LogP contribution in [0.4, 0.5) is 5.69 Å². The third-order valence-corrected chi connectivity index (χ3v) is 1.72. The van der Waals surface area contributed by atoms with Crippen molar-refractivity contribution in [1.29, 1.82) is 0 Å². The van der Waals surface area contributed by atoms with Crippen LogP contribution in [0, 0.1) is 10.1 Å². The molecule has 0 saturated heterocycles. The summed E-state index contributed by atoms with van der Waals surface area (Å²) in [4.78, 5) is 26.4. The van der Waals surface area contributed by atoms with E-state index in [0.717, 1.165) is 24.3 Å². The first-order valence-electron chi connectivity index (χ1n) is 3.38. The molecule has 0 spiro atoms. The summed E-state index contributed by atoms with van der Waals surface area (Å²) in [5.41, 5.74) is -0.178. The van der Waals surface area contributed by atoms with Gasteiger partial charge in [-0.1, -0.05) is 0 Å². The molecule has 0 aromatic heterocycles. The zero-order chi connectivity index (χ0) is 10.8. The minimum absolute atomic E-state index is 0. The van der Waals surface area contributed by atoms with E-state index in [0.29, 0.717) is 0 Å². The molecule has 0 radical (unpaired) electrons. The number of rotatable bonds is 3. The van der Waals surface area contributed by atoms with E-state index in [9.17, 15) is 14.7 Å². The quantitative estimate of drug-likeness (QED) is 0.248. The Labute approximate surface area is 168 Å². The second kappa shape index (κ2) is 10.4. The maximum absolute atomic E-state index is 10.4. The van der Waals surface area contributed by atoms with Gasteiger partial charge >= 0.3 is 96.5 Å². The van der Waals surface area contributed by atoms with Crippen molar-refractivity contribution in [3.05, 3.63) is 34.4 Å². The molecule has 7 nitrogen and oxygen atoms in total. The second-order valence-corrected chi connectivity index (χ2v) is 3.50. The van der Waals surface area contributed by atoms with Crippen LogP contribution in [-0.2, 0) is 4.57 Å². The fourth-order valence-electron chi connectivity index (χ4n) is 0.766. The van der Waals surface area contributed by atoms with Crippen LogP contribution in [0.2, 0.25) is 0 Å². The summed E-state index contributed by atoms with van der Waals surface area (Å²) in [6.45, 7) is 0. The van der Waals surface area contributed by atoms with Gasteiger partial charge in [0, 0.05) is 12.1 Å². The van der Waals surface area contributed by atoms with Crippen LogP contribution in [0.25, 0.3) is 0 Å². The summed E-state index contributed by atoms with van der Waals surface area (Å²) >= 11 is 0. The standard InChI is InChI=1S/C6H6NO6P.3Na.3H/c8-7(9)5-1-3-6(4-2-5)13-14(10,11)12;;;;;;/h1-4H,(H2,10,11,12);;;;;;/q;3*+1;3*-1. The third-order valence-electron chi connectivity index (χ3n) is 1.27. The molecule has 17 heavy (non-hydrogen) atoms. The Hall–Kier alpha value is 1.57. The summed E-state index contributed by atoms with van der Waals surface area (Å²) in [6, 6.07) is 4.39. The number of non-ortho nitro benzene ring substituents is 1. The van der Waals surface area contributed by atoms with Crippen molar-refractivity contribution in [1.82, 2.24) is 0 Å². The Morgan fingerprint density at radius 3 is 1.88 bits per heavy atom. The number of phosphoric ester groups is 1. The van der Waals surface area contributed by atoms with Crippen LogP contribution >= 0.6 is 7.82 Å². The zero-order valence-corrected chi connectivity index (χ0v) is 16.6. The van der Waals surface area contributed by atoms with Crippen molar-refractivity contribution in [2.24, 2.45) is 0 Å². The molecular formula is C6H9NNa3O6P. The fourth-order valence-corrected chi connectivity index (χ4v) is 1.16. The third kappa shape index (κ3) is 10.1. The minimum atomic E-state index is -4.60. The SMILES string of the molecule is O=[N+]([O-])c1ccc(OP(=O)(O)O)cc1.[H-].[H-].[H-].[Na+].[Na+].[Na+]. The Morgan fingerprint density at radius 2 is 1.59 bits per heavy atom. The Balaban J connectivity index is -0.0000000817. The molecule has 0 saturated carbocycles. The molecule has 0 fully saturated rings. The second-order valence-electron chi connectivity index (χ2n) is 2.33. The summed E-state index contributed by atoms with van der Waals surface area (Å²) < 4.78 is 14.5. The van der Waals surface area contributed by atoms with Gasteiger partial charge < -0.3 is 8.80 Å². The molecule has 0 bridgehead atoms. The van der Waals surface area contributed by atoms with E-state index in [4.69, 9.17) is 9.79 Å². The van der Waals surface area contributed by atoms with Crippen LogP contribution in [0.15, 0.2) is 24.3 Å². The van der Waals surface area contributed by atoms with E-state index in [1.54, 1.807) is 0 Å². The number of nitrogens with zero attached hydrogens (tertiary/aromatic N) is 1. The van der Waals surface area contributed by atoms with Gasteiger partial charge in [0.1, 0.15) is 5.75 Å². The fraction of sp³-hybridized carbons (Fsp3) is 0. The van der Waals surface area contributed by atoms with Crippen molar-refractivity contribution in [2.45, 2.75) is 0 Å². The van der Waals surface area contributed by atoms with Gasteiger partial charge in [0.15, 0.2) is 0 Å². The van der Waals surface area contributed by atoms with E-state index in [1.165, 1.54) is 0 Å². The van der Waals surface area contributed by atoms with Gasteiger partial charge in [-0.05, 0) is 12.1 Å². The summed E-state index contributed by atoms with van der Waals surface area (Å²) in [5.74, 6) is -0.121. The minimum Gasteiger partial charge on any atom is -1.00 e. The number of phosphoric acid groups is 1. The van der Waals surface area contributed by atoms with Gasteiger partial charge in [0.2, 0.25) is 0 Å². The van der Waals surface area contributed by atoms with E-state index >= 15 is 0 Å². The average molecular weight is 291 g/mol. The molecule has 11 heteroatoms. The number of nitro benzene ring substituents is 1. The van der Waals surface area contributed by atoms with Gasteiger partial charge in [-0.2, -0.15) is 0 Å². The smallest absolute Gasteiger partial charge is 1.00 e. The first-order chi connectivity index (χ1) is 6.38. The summed E-state index contributed by atoms with van der Waals surface area (Å²) in [6.07, 6.45) is 0. The maximum atomic E-state index is 10.4. The molecule has 82 valence electrons. The topological polar surface area (TPSA) is 110 Å². The first kappa shape index (κ1) is 23.6. The Kier molecular flexibility index (Phi) is 14.4. The Morgan fingerprint density at radius 1 is 1.18 bits per heavy atom. The van der Waals surface area contributed by atoms with E-state index in [-0.39, 0.29) is 104 Å². The van der Waals surface area contributed by atoms with Crippen molar-refractivity contribution in [3.63, 3.8) is 0 Å². The molecule has 0 aliphatic carbocycles. The predicted octanol–water partition coefficient (Wildman–Crippen LogP) is -7.58. The van der Waals surface area contributed by atoms with Gasteiger partial charge in [-0.3, -0.25) is 19.9 Å². The van der Waals surface area contributed by atoms with Crippen LogP contribution in [0.5, 0.6) is 5.75 Å². The van der Waals surface area contributed by atoms with Gasteiger partial charge in [0.05, 0.1) is 4.92 Å². The van der Waals surface area contributed by atoms with Gasteiger partial charge in [-0.15, -0.1) is 0 Å². The molecule has 1 rings (SSSR count). The molecule has 0 unspecified atom stereocenters. The molecule has 0 amide bonds. The van der Waals surface area contributed by atoms with Gasteiger partial charge in [-0.25, -0.2) is 4.57 Å². The summed E-state index contributed by atoms with van der Waals surface area (Å²) in [7, 11) is -4.60. The predicted molar refractivity (Wildman–Crippen MR) is 49.1 cm³/mol. The summed E-state index contributed by atoms with van der Waals surface area (Å²) in [5, 5.41) is 10.2. The largest absolute Gasteiger partial charge is 1.00 e. The first-order valence-corrected chi connectivity index (χ1v) is 4.91. The molecule has 1 aromatic carbocycles. The van der Waals surface area contributed by atoms with E-state index in [2.05, 4.69) is 4.52 Å². The zero-order valence-electron chi connectivity index (χ0n) is 12.7. The molecule has 0 heterocycles. The van der Waals surface area contributed by atoms with Crippen LogP contribution in [-0.4, -0.2) is 14.7 Å². The number of benzene rings is 1. The normalized spacial score (nSPS) is 9.06. The molecule has 0 atom stereocenters. The van der Waals surface area contributed by atoms with Crippen molar-refractivity contribution in [3.8, 4) is 5.75 Å². The monoisotopic (exact) mass is 291 g/mol. The Bertz CT molecular complexity index is 405. The van der Waals surface area contributed by atoms with Crippen molar-refractivity contribution >= 4 is 13.5 Å². The number of nitro groups is 1. The van der Waals surface area contributed by atoms with E-state index < -0.39 is 12.7 Å². The van der Waals surface area contributed by atoms with Crippen molar-refractivity contribution < 1.29 is 117 Å². The van der Waals surface area contributed by atoms with Crippen molar-refractivity contribution in [2.75, 3.05) is 0 Å².